The molecule has 2 unspecified atom stereocenters. The fourth-order valence-corrected chi connectivity index (χ4v) is 3.60. The van der Waals surface area contributed by atoms with E-state index in [1.54, 1.807) is 0 Å². The molecule has 1 aliphatic rings. The van der Waals surface area contributed by atoms with Gasteiger partial charge in [0.1, 0.15) is 0 Å². The molecule has 7 nitrogen and oxygen atoms in total. The van der Waals surface area contributed by atoms with Crippen molar-refractivity contribution in [2.24, 2.45) is 10.9 Å². The van der Waals surface area contributed by atoms with Gasteiger partial charge in [0.15, 0.2) is 5.96 Å². The van der Waals surface area contributed by atoms with E-state index in [9.17, 15) is 0 Å². The molecule has 26 heavy (non-hydrogen) atoms. The molecule has 2 N–H and O–H groups in total. The minimum absolute atomic E-state index is 0.448. The van der Waals surface area contributed by atoms with Crippen LogP contribution in [0.25, 0.3) is 0 Å². The number of rotatable bonds is 6. The lowest BCUT2D eigenvalue weighted by molar-refractivity contribution is 0.189. The summed E-state index contributed by atoms with van der Waals surface area (Å²) in [7, 11) is 0. The Labute approximate surface area is 155 Å². The van der Waals surface area contributed by atoms with Crippen LogP contribution in [0.3, 0.4) is 0 Å². The molecule has 0 spiro atoms. The second kappa shape index (κ2) is 8.87. The molecule has 1 aliphatic heterocycles. The molecule has 0 saturated carbocycles. The Morgan fingerprint density at radius 3 is 3.04 bits per heavy atom. The lowest BCUT2D eigenvalue weighted by Gasteiger charge is -2.39. The van der Waals surface area contributed by atoms with Crippen LogP contribution in [0.1, 0.15) is 44.0 Å². The number of likely N-dealkylation sites (tertiary alicyclic amines) is 1. The number of guanidine groups is 1. The van der Waals surface area contributed by atoms with Crippen LogP contribution in [0.4, 0.5) is 0 Å². The van der Waals surface area contributed by atoms with E-state index >= 15 is 0 Å². The third-order valence-electron chi connectivity index (χ3n) is 5.26. The van der Waals surface area contributed by atoms with Gasteiger partial charge in [0.05, 0.1) is 18.6 Å². The minimum atomic E-state index is 0.448. The molecule has 1 fully saturated rings. The van der Waals surface area contributed by atoms with Crippen LogP contribution in [-0.2, 0) is 6.42 Å². The third-order valence-corrected chi connectivity index (χ3v) is 5.26. The van der Waals surface area contributed by atoms with E-state index in [-0.39, 0.29) is 0 Å². The SMILES string of the molecule is CCNC(=NCCCc1cn[nH]c1C)N1CCC(C)C(n2ccnc2)C1. The van der Waals surface area contributed by atoms with Gasteiger partial charge in [-0.25, -0.2) is 4.98 Å². The van der Waals surface area contributed by atoms with Crippen LogP contribution < -0.4 is 5.32 Å². The number of aryl methyl sites for hydroxylation is 2. The summed E-state index contributed by atoms with van der Waals surface area (Å²) in [6.07, 6.45) is 11.0. The zero-order valence-electron chi connectivity index (χ0n) is 16.1. The standard InChI is InChI=1S/C19H31N7/c1-4-21-19(22-8-5-6-17-12-23-24-16(17)3)25-10-7-15(2)18(13-25)26-11-9-20-14-26/h9,11-12,14-15,18H,4-8,10,13H2,1-3H3,(H,21,22)(H,23,24). The zero-order valence-corrected chi connectivity index (χ0v) is 16.1. The lowest BCUT2D eigenvalue weighted by atomic mass is 9.93. The Kier molecular flexibility index (Phi) is 6.30. The Balaban J connectivity index is 1.60. The van der Waals surface area contributed by atoms with Crippen molar-refractivity contribution in [1.82, 2.24) is 30.0 Å². The number of imidazole rings is 1. The normalized spacial score (nSPS) is 21.2. The molecule has 0 aliphatic carbocycles. The van der Waals surface area contributed by atoms with Crippen molar-refractivity contribution >= 4 is 5.96 Å². The fraction of sp³-hybridized carbons (Fsp3) is 0.632. The van der Waals surface area contributed by atoms with Gasteiger partial charge in [0, 0.05) is 44.3 Å². The van der Waals surface area contributed by atoms with Crippen LogP contribution in [0, 0.1) is 12.8 Å². The van der Waals surface area contributed by atoms with E-state index in [1.165, 1.54) is 12.0 Å². The maximum atomic E-state index is 4.88. The van der Waals surface area contributed by atoms with Gasteiger partial charge in [-0.15, -0.1) is 0 Å². The highest BCUT2D eigenvalue weighted by Crippen LogP contribution is 2.27. The van der Waals surface area contributed by atoms with Crippen molar-refractivity contribution in [2.75, 3.05) is 26.2 Å². The molecule has 2 aromatic rings. The molecule has 3 rings (SSSR count). The molecule has 0 radical (unpaired) electrons. The van der Waals surface area contributed by atoms with E-state index in [0.29, 0.717) is 12.0 Å². The quantitative estimate of drug-likeness (QED) is 0.473. The number of hydrogen-bond acceptors (Lipinski definition) is 3. The van der Waals surface area contributed by atoms with E-state index in [4.69, 9.17) is 4.99 Å². The number of aliphatic imine (C=N–C) groups is 1. The minimum Gasteiger partial charge on any atom is -0.357 e. The molecule has 0 aromatic carbocycles. The molecule has 0 bridgehead atoms. The number of nitrogens with one attached hydrogen (secondary N) is 2. The van der Waals surface area contributed by atoms with Crippen molar-refractivity contribution in [1.29, 1.82) is 0 Å². The summed E-state index contributed by atoms with van der Waals surface area (Å²) < 4.78 is 2.24. The van der Waals surface area contributed by atoms with Crippen molar-refractivity contribution in [3.05, 3.63) is 36.2 Å². The predicted octanol–water partition coefficient (Wildman–Crippen LogP) is 2.40. The predicted molar refractivity (Wildman–Crippen MR) is 104 cm³/mol. The van der Waals surface area contributed by atoms with Gasteiger partial charge in [0.25, 0.3) is 0 Å². The highest BCUT2D eigenvalue weighted by Gasteiger charge is 2.28. The molecular weight excluding hydrogens is 326 g/mol. The van der Waals surface area contributed by atoms with Gasteiger partial charge < -0.3 is 14.8 Å². The van der Waals surface area contributed by atoms with Crippen LogP contribution in [0.2, 0.25) is 0 Å². The summed E-state index contributed by atoms with van der Waals surface area (Å²) in [5, 5.41) is 10.6. The average Bonchev–Trinajstić information content (AvgIpc) is 3.30. The third kappa shape index (κ3) is 4.45. The summed E-state index contributed by atoms with van der Waals surface area (Å²) in [5.74, 6) is 1.68. The Morgan fingerprint density at radius 1 is 1.46 bits per heavy atom. The smallest absolute Gasteiger partial charge is 0.193 e. The summed E-state index contributed by atoms with van der Waals surface area (Å²) >= 11 is 0. The topological polar surface area (TPSA) is 74.1 Å². The maximum absolute atomic E-state index is 4.88. The number of H-pyrrole nitrogens is 1. The summed E-state index contributed by atoms with van der Waals surface area (Å²) in [6, 6.07) is 0.448. The molecule has 3 heterocycles. The monoisotopic (exact) mass is 357 g/mol. The number of piperidine rings is 1. The van der Waals surface area contributed by atoms with Gasteiger partial charge in [-0.3, -0.25) is 10.1 Å². The second-order valence-corrected chi connectivity index (χ2v) is 7.15. The van der Waals surface area contributed by atoms with Gasteiger partial charge in [0.2, 0.25) is 0 Å². The molecule has 1 saturated heterocycles. The maximum Gasteiger partial charge on any atom is 0.193 e. The highest BCUT2D eigenvalue weighted by molar-refractivity contribution is 5.80. The Morgan fingerprint density at radius 2 is 2.35 bits per heavy atom. The van der Waals surface area contributed by atoms with Crippen molar-refractivity contribution < 1.29 is 0 Å². The van der Waals surface area contributed by atoms with E-state index in [1.807, 2.05) is 18.7 Å². The summed E-state index contributed by atoms with van der Waals surface area (Å²) in [6.45, 7) is 10.3. The van der Waals surface area contributed by atoms with Crippen molar-refractivity contribution in [3.8, 4) is 0 Å². The molecule has 7 heteroatoms. The van der Waals surface area contributed by atoms with Crippen LogP contribution in [-0.4, -0.2) is 56.8 Å². The number of aromatic amines is 1. The largest absolute Gasteiger partial charge is 0.357 e. The number of aromatic nitrogens is 4. The van der Waals surface area contributed by atoms with E-state index < -0.39 is 0 Å². The lowest BCUT2D eigenvalue weighted by Crippen LogP contribution is -2.49. The first-order chi connectivity index (χ1) is 12.7. The van der Waals surface area contributed by atoms with Gasteiger partial charge in [-0.1, -0.05) is 6.92 Å². The Bertz CT molecular complexity index is 689. The Hall–Kier alpha value is -2.31. The molecule has 142 valence electrons. The number of hydrogen-bond donors (Lipinski definition) is 2. The second-order valence-electron chi connectivity index (χ2n) is 7.15. The van der Waals surface area contributed by atoms with Gasteiger partial charge in [-0.05, 0) is 44.6 Å². The highest BCUT2D eigenvalue weighted by atomic mass is 15.3. The average molecular weight is 358 g/mol. The zero-order chi connectivity index (χ0) is 18.4. The molecule has 0 amide bonds. The first kappa shape index (κ1) is 18.5. The first-order valence-corrected chi connectivity index (χ1v) is 9.68. The van der Waals surface area contributed by atoms with Gasteiger partial charge in [-0.2, -0.15) is 5.10 Å². The molecular formula is C19H31N7. The van der Waals surface area contributed by atoms with Crippen LogP contribution in [0.15, 0.2) is 29.9 Å². The van der Waals surface area contributed by atoms with E-state index in [0.717, 1.165) is 50.7 Å². The molecule has 2 aromatic heterocycles. The summed E-state index contributed by atoms with van der Waals surface area (Å²) in [4.78, 5) is 11.5. The van der Waals surface area contributed by atoms with Crippen LogP contribution in [0.5, 0.6) is 0 Å². The van der Waals surface area contributed by atoms with Crippen molar-refractivity contribution in [2.45, 2.75) is 46.1 Å². The number of nitrogens with zero attached hydrogens (tertiary/aromatic N) is 5. The van der Waals surface area contributed by atoms with E-state index in [2.05, 4.69) is 56.9 Å². The van der Waals surface area contributed by atoms with Crippen LogP contribution >= 0.6 is 0 Å². The van der Waals surface area contributed by atoms with Crippen molar-refractivity contribution in [3.63, 3.8) is 0 Å². The first-order valence-electron chi connectivity index (χ1n) is 9.68. The summed E-state index contributed by atoms with van der Waals surface area (Å²) in [5.41, 5.74) is 2.45. The molecule has 2 atom stereocenters. The fourth-order valence-electron chi connectivity index (χ4n) is 3.60. The van der Waals surface area contributed by atoms with Gasteiger partial charge >= 0.3 is 0 Å².